The summed E-state index contributed by atoms with van der Waals surface area (Å²) in [6.07, 6.45) is 2.49. The predicted octanol–water partition coefficient (Wildman–Crippen LogP) is 3.34. The molecule has 2 heterocycles. The van der Waals surface area contributed by atoms with Crippen LogP contribution in [0.4, 0.5) is 17.3 Å². The maximum Gasteiger partial charge on any atom is 0.134 e. The summed E-state index contributed by atoms with van der Waals surface area (Å²) in [5.74, 6) is 2.81. The lowest BCUT2D eigenvalue weighted by molar-refractivity contribution is 0.646. The van der Waals surface area contributed by atoms with Crippen molar-refractivity contribution in [3.8, 4) is 0 Å². The Hall–Kier alpha value is -2.01. The Bertz CT molecular complexity index is 723. The number of nitrogens with one attached hydrogen (secondary N) is 1. The standard InChI is InChI=1S/C18H22ClN5/c1-13-20-17(22-15-5-6-15)12-18(21-13)24-9-7-23(8-10-24)16-4-2-3-14(19)11-16/h2-4,11-12,15H,5-10H2,1H3,(H,20,21,22). The minimum atomic E-state index is 0.604. The third-order valence-corrected chi connectivity index (χ3v) is 4.77. The first kappa shape index (κ1) is 15.5. The molecule has 1 saturated carbocycles. The van der Waals surface area contributed by atoms with Crippen LogP contribution in [0, 0.1) is 6.92 Å². The molecule has 126 valence electrons. The zero-order chi connectivity index (χ0) is 16.5. The number of aryl methyl sites for hydroxylation is 1. The summed E-state index contributed by atoms with van der Waals surface area (Å²) in [7, 11) is 0. The van der Waals surface area contributed by atoms with Gasteiger partial charge in [0.1, 0.15) is 17.5 Å². The molecule has 2 fully saturated rings. The number of nitrogens with zero attached hydrogens (tertiary/aromatic N) is 4. The molecule has 0 unspecified atom stereocenters. The van der Waals surface area contributed by atoms with E-state index in [-0.39, 0.29) is 0 Å². The normalized spacial score (nSPS) is 17.9. The van der Waals surface area contributed by atoms with Gasteiger partial charge in [-0.25, -0.2) is 9.97 Å². The van der Waals surface area contributed by atoms with E-state index in [1.807, 2.05) is 25.1 Å². The fraction of sp³-hybridized carbons (Fsp3) is 0.444. The molecule has 1 aliphatic heterocycles. The first-order valence-corrected chi connectivity index (χ1v) is 8.93. The van der Waals surface area contributed by atoms with Crippen molar-refractivity contribution in [3.05, 3.63) is 41.2 Å². The molecule has 1 aromatic heterocycles. The topological polar surface area (TPSA) is 44.3 Å². The van der Waals surface area contributed by atoms with Gasteiger partial charge in [0, 0.05) is 49.0 Å². The van der Waals surface area contributed by atoms with Gasteiger partial charge in [-0.2, -0.15) is 0 Å². The van der Waals surface area contributed by atoms with Crippen LogP contribution in [0.15, 0.2) is 30.3 Å². The predicted molar refractivity (Wildman–Crippen MR) is 99.3 cm³/mol. The van der Waals surface area contributed by atoms with Crippen LogP contribution >= 0.6 is 11.6 Å². The lowest BCUT2D eigenvalue weighted by atomic mass is 10.2. The summed E-state index contributed by atoms with van der Waals surface area (Å²) in [4.78, 5) is 13.9. The molecule has 0 spiro atoms. The lowest BCUT2D eigenvalue weighted by Crippen LogP contribution is -2.46. The van der Waals surface area contributed by atoms with E-state index in [4.69, 9.17) is 11.6 Å². The zero-order valence-electron chi connectivity index (χ0n) is 13.9. The van der Waals surface area contributed by atoms with Gasteiger partial charge in [0.15, 0.2) is 0 Å². The van der Waals surface area contributed by atoms with Crippen LogP contribution in [-0.4, -0.2) is 42.2 Å². The minimum Gasteiger partial charge on any atom is -0.368 e. The molecule has 0 amide bonds. The minimum absolute atomic E-state index is 0.604. The van der Waals surface area contributed by atoms with E-state index in [1.54, 1.807) is 0 Å². The van der Waals surface area contributed by atoms with Crippen molar-refractivity contribution in [1.29, 1.82) is 0 Å². The van der Waals surface area contributed by atoms with E-state index in [0.29, 0.717) is 6.04 Å². The number of piperazine rings is 1. The van der Waals surface area contributed by atoms with Crippen molar-refractivity contribution < 1.29 is 0 Å². The van der Waals surface area contributed by atoms with Crippen LogP contribution < -0.4 is 15.1 Å². The molecule has 2 aromatic rings. The quantitative estimate of drug-likeness (QED) is 0.922. The summed E-state index contributed by atoms with van der Waals surface area (Å²) in [6, 6.07) is 10.8. The van der Waals surface area contributed by atoms with Crippen molar-refractivity contribution >= 4 is 28.9 Å². The molecule has 1 aromatic carbocycles. The first-order chi connectivity index (χ1) is 11.7. The maximum absolute atomic E-state index is 6.11. The average molecular weight is 344 g/mol. The molecule has 1 aliphatic carbocycles. The Morgan fingerprint density at radius 2 is 1.79 bits per heavy atom. The Balaban J connectivity index is 1.44. The van der Waals surface area contributed by atoms with E-state index >= 15 is 0 Å². The third kappa shape index (κ3) is 3.56. The van der Waals surface area contributed by atoms with E-state index in [0.717, 1.165) is 48.7 Å². The van der Waals surface area contributed by atoms with Gasteiger partial charge in [-0.1, -0.05) is 17.7 Å². The monoisotopic (exact) mass is 343 g/mol. The highest BCUT2D eigenvalue weighted by Gasteiger charge is 2.23. The number of halogens is 1. The van der Waals surface area contributed by atoms with Crippen molar-refractivity contribution in [3.63, 3.8) is 0 Å². The third-order valence-electron chi connectivity index (χ3n) is 4.53. The Labute approximate surface area is 147 Å². The van der Waals surface area contributed by atoms with E-state index in [2.05, 4.69) is 37.2 Å². The number of benzene rings is 1. The van der Waals surface area contributed by atoms with Crippen molar-refractivity contribution in [2.24, 2.45) is 0 Å². The number of hydrogen-bond acceptors (Lipinski definition) is 5. The first-order valence-electron chi connectivity index (χ1n) is 8.55. The van der Waals surface area contributed by atoms with Gasteiger partial charge in [0.2, 0.25) is 0 Å². The smallest absolute Gasteiger partial charge is 0.134 e. The van der Waals surface area contributed by atoms with Crippen LogP contribution in [0.1, 0.15) is 18.7 Å². The van der Waals surface area contributed by atoms with Gasteiger partial charge in [0.25, 0.3) is 0 Å². The van der Waals surface area contributed by atoms with Gasteiger partial charge in [-0.3, -0.25) is 0 Å². The van der Waals surface area contributed by atoms with Gasteiger partial charge >= 0.3 is 0 Å². The van der Waals surface area contributed by atoms with Crippen molar-refractivity contribution in [2.75, 3.05) is 41.3 Å². The van der Waals surface area contributed by atoms with E-state index in [9.17, 15) is 0 Å². The highest BCUT2D eigenvalue weighted by atomic mass is 35.5. The molecule has 0 bridgehead atoms. The van der Waals surface area contributed by atoms with Crippen molar-refractivity contribution in [1.82, 2.24) is 9.97 Å². The fourth-order valence-corrected chi connectivity index (χ4v) is 3.28. The van der Waals surface area contributed by atoms with Gasteiger partial charge in [-0.15, -0.1) is 0 Å². The SMILES string of the molecule is Cc1nc(NC2CC2)cc(N2CCN(c3cccc(Cl)c3)CC2)n1. The summed E-state index contributed by atoms with van der Waals surface area (Å²) < 4.78 is 0. The fourth-order valence-electron chi connectivity index (χ4n) is 3.09. The van der Waals surface area contributed by atoms with Gasteiger partial charge in [0.05, 0.1) is 0 Å². The number of rotatable bonds is 4. The van der Waals surface area contributed by atoms with Crippen LogP contribution in [0.25, 0.3) is 0 Å². The summed E-state index contributed by atoms with van der Waals surface area (Å²) in [5.41, 5.74) is 1.19. The molecular formula is C18H22ClN5. The number of anilines is 3. The molecule has 2 aliphatic rings. The van der Waals surface area contributed by atoms with Crippen LogP contribution in [0.3, 0.4) is 0 Å². The zero-order valence-corrected chi connectivity index (χ0v) is 14.6. The molecule has 24 heavy (non-hydrogen) atoms. The molecule has 4 rings (SSSR count). The van der Waals surface area contributed by atoms with Gasteiger partial charge in [-0.05, 0) is 38.0 Å². The second-order valence-electron chi connectivity index (χ2n) is 6.53. The lowest BCUT2D eigenvalue weighted by Gasteiger charge is -2.37. The maximum atomic E-state index is 6.11. The summed E-state index contributed by atoms with van der Waals surface area (Å²) in [5, 5.41) is 4.26. The number of aromatic nitrogens is 2. The Morgan fingerprint density at radius 1 is 1.04 bits per heavy atom. The van der Waals surface area contributed by atoms with Crippen LogP contribution in [0.5, 0.6) is 0 Å². The highest BCUT2D eigenvalue weighted by molar-refractivity contribution is 6.30. The van der Waals surface area contributed by atoms with Gasteiger partial charge < -0.3 is 15.1 Å². The van der Waals surface area contributed by atoms with Crippen LogP contribution in [-0.2, 0) is 0 Å². The Kier molecular flexibility index (Phi) is 4.19. The molecule has 0 atom stereocenters. The van der Waals surface area contributed by atoms with Crippen molar-refractivity contribution in [2.45, 2.75) is 25.8 Å². The average Bonchev–Trinajstić information content (AvgIpc) is 3.38. The second-order valence-corrected chi connectivity index (χ2v) is 6.97. The summed E-state index contributed by atoms with van der Waals surface area (Å²) in [6.45, 7) is 5.80. The van der Waals surface area contributed by atoms with Crippen LogP contribution in [0.2, 0.25) is 5.02 Å². The molecule has 5 nitrogen and oxygen atoms in total. The largest absolute Gasteiger partial charge is 0.368 e. The molecule has 1 N–H and O–H groups in total. The Morgan fingerprint density at radius 3 is 2.50 bits per heavy atom. The molecule has 1 saturated heterocycles. The van der Waals surface area contributed by atoms with E-state index < -0.39 is 0 Å². The molecular weight excluding hydrogens is 322 g/mol. The second kappa shape index (κ2) is 6.48. The summed E-state index contributed by atoms with van der Waals surface area (Å²) >= 11 is 6.11. The molecule has 6 heteroatoms. The van der Waals surface area contributed by atoms with E-state index in [1.165, 1.54) is 18.5 Å². The number of hydrogen-bond donors (Lipinski definition) is 1. The highest BCUT2D eigenvalue weighted by Crippen LogP contribution is 2.26. The molecule has 0 radical (unpaired) electrons.